The molecule has 66 heavy (non-hydrogen) atoms. The summed E-state index contributed by atoms with van der Waals surface area (Å²) in [6, 6.07) is 36.5. The van der Waals surface area contributed by atoms with Gasteiger partial charge in [-0.15, -0.1) is 23.4 Å². The van der Waals surface area contributed by atoms with Crippen LogP contribution in [0.4, 0.5) is 0 Å². The summed E-state index contributed by atoms with van der Waals surface area (Å²) in [5.74, 6) is -1.68. The molecule has 3 heterocycles. The summed E-state index contributed by atoms with van der Waals surface area (Å²) in [6.07, 6.45) is 5.40. The SMILES string of the molecule is COc1ccc(COC(=O)C2=C(CCl)CSC3[C@H](NC(=O)/C(=N\OC(C)(C)C(=O)OC(C)(C)C)C4=CSC(NC(c5ccccc5)(c5ccccc5)c5ccccc5)=CC=C4)C(=O)N23)cc1. The number of carbonyl (C=O) groups excluding carboxylic acids is 4. The van der Waals surface area contributed by atoms with Gasteiger partial charge >= 0.3 is 11.9 Å². The van der Waals surface area contributed by atoms with Crippen LogP contribution in [0, 0.1) is 0 Å². The third kappa shape index (κ3) is 10.6. The van der Waals surface area contributed by atoms with Gasteiger partial charge in [0, 0.05) is 17.2 Å². The van der Waals surface area contributed by atoms with E-state index in [0.29, 0.717) is 22.6 Å². The van der Waals surface area contributed by atoms with Crippen molar-refractivity contribution in [2.24, 2.45) is 5.16 Å². The summed E-state index contributed by atoms with van der Waals surface area (Å²) in [6.45, 7) is 8.16. The average Bonchev–Trinajstić information content (AvgIpc) is 3.56. The van der Waals surface area contributed by atoms with E-state index >= 15 is 0 Å². The molecule has 0 spiro atoms. The Kier molecular flexibility index (Phi) is 14.8. The Balaban J connectivity index is 1.16. The number of carbonyl (C=O) groups is 4. The maximum absolute atomic E-state index is 14.5. The van der Waals surface area contributed by atoms with Crippen molar-refractivity contribution in [3.05, 3.63) is 183 Å². The van der Waals surface area contributed by atoms with Crippen molar-refractivity contribution >= 4 is 64.6 Å². The standard InChI is InChI=1S/C51H51ClN4O8S2/c1-49(2,3)63-48(60)50(4,5)64-55-41(44(57)53-42-45(58)56-43(35(29-52)32-66-46(42)56)47(59)62-30-33-25-27-39(61-6)28-26-33)34-17-16-24-40(65-31-34)54-51(36-18-10-7-11-19-36,37-20-12-8-13-21-37)38-22-14-9-15-23-38/h7-28,31,42,46,54H,29-30,32H2,1-6H3,(H,53,57)/b55-41-/t42-,46?/m1/s1. The lowest BCUT2D eigenvalue weighted by molar-refractivity contribution is -0.179. The molecule has 0 aromatic heterocycles. The Labute approximate surface area is 398 Å². The number of benzene rings is 4. The molecule has 0 radical (unpaired) electrons. The Morgan fingerprint density at radius 2 is 1.44 bits per heavy atom. The van der Waals surface area contributed by atoms with Crippen LogP contribution in [0.2, 0.25) is 0 Å². The highest BCUT2D eigenvalue weighted by Gasteiger charge is 2.55. The zero-order valence-corrected chi connectivity index (χ0v) is 39.8. The molecule has 2 amide bonds. The van der Waals surface area contributed by atoms with Crippen molar-refractivity contribution in [2.45, 2.75) is 69.4 Å². The van der Waals surface area contributed by atoms with Crippen molar-refractivity contribution in [1.82, 2.24) is 15.5 Å². The molecular weight excluding hydrogens is 896 g/mol. The van der Waals surface area contributed by atoms with Crippen molar-refractivity contribution < 1.29 is 38.2 Å². The fourth-order valence-electron chi connectivity index (χ4n) is 7.36. The number of oxime groups is 1. The molecule has 15 heteroatoms. The highest BCUT2D eigenvalue weighted by Crippen LogP contribution is 2.42. The van der Waals surface area contributed by atoms with Gasteiger partial charge in [-0.05, 0) is 86.1 Å². The average molecular weight is 948 g/mol. The van der Waals surface area contributed by atoms with E-state index < -0.39 is 51.9 Å². The molecule has 3 aliphatic rings. The number of alkyl halides is 1. The van der Waals surface area contributed by atoms with E-state index in [-0.39, 0.29) is 23.9 Å². The number of hydrogen-bond acceptors (Lipinski definition) is 12. The minimum Gasteiger partial charge on any atom is -0.497 e. The van der Waals surface area contributed by atoms with E-state index in [9.17, 15) is 19.2 Å². The summed E-state index contributed by atoms with van der Waals surface area (Å²) in [7, 11) is 1.56. The van der Waals surface area contributed by atoms with E-state index in [1.807, 2.05) is 60.7 Å². The summed E-state index contributed by atoms with van der Waals surface area (Å²) >= 11 is 8.99. The van der Waals surface area contributed by atoms with Gasteiger partial charge in [0.05, 0.1) is 12.1 Å². The van der Waals surface area contributed by atoms with Gasteiger partial charge in [0.1, 0.15) is 40.6 Å². The van der Waals surface area contributed by atoms with Crippen LogP contribution in [-0.4, -0.2) is 75.7 Å². The molecule has 0 bridgehead atoms. The second-order valence-corrected chi connectivity index (χ2v) is 19.3. The second-order valence-electron chi connectivity index (χ2n) is 17.0. The second kappa shape index (κ2) is 20.5. The summed E-state index contributed by atoms with van der Waals surface area (Å²) in [5.41, 5.74) is 1.19. The largest absolute Gasteiger partial charge is 0.497 e. The van der Waals surface area contributed by atoms with Crippen molar-refractivity contribution in [2.75, 3.05) is 18.7 Å². The number of halogens is 1. The number of β-lactam (4-membered cyclic amide) rings is 1. The van der Waals surface area contributed by atoms with Crippen LogP contribution in [0.3, 0.4) is 0 Å². The van der Waals surface area contributed by atoms with Gasteiger partial charge < -0.3 is 29.7 Å². The maximum Gasteiger partial charge on any atom is 0.355 e. The number of rotatable bonds is 16. The molecule has 0 aliphatic carbocycles. The van der Waals surface area contributed by atoms with Crippen LogP contribution >= 0.6 is 35.1 Å². The van der Waals surface area contributed by atoms with E-state index in [1.165, 1.54) is 42.3 Å². The topological polar surface area (TPSA) is 145 Å². The lowest BCUT2D eigenvalue weighted by atomic mass is 9.77. The predicted molar refractivity (Wildman–Crippen MR) is 259 cm³/mol. The Hall–Kier alpha value is -6.22. The summed E-state index contributed by atoms with van der Waals surface area (Å²) < 4.78 is 16.5. The quantitative estimate of drug-likeness (QED) is 0.0278. The number of fused-ring (bicyclic) bond motifs is 1. The molecule has 1 saturated heterocycles. The van der Waals surface area contributed by atoms with Crippen molar-refractivity contribution in [3.8, 4) is 5.75 Å². The lowest BCUT2D eigenvalue weighted by Crippen LogP contribution is -2.71. The third-order valence-electron chi connectivity index (χ3n) is 10.7. The molecular formula is C51H51ClN4O8S2. The third-order valence-corrected chi connectivity index (χ3v) is 13.3. The molecule has 2 N–H and O–H groups in total. The molecule has 4 aromatic rings. The Bertz CT molecular complexity index is 2500. The van der Waals surface area contributed by atoms with Crippen LogP contribution in [0.25, 0.3) is 0 Å². The van der Waals surface area contributed by atoms with Gasteiger partial charge in [0.15, 0.2) is 5.71 Å². The van der Waals surface area contributed by atoms with Crippen LogP contribution < -0.4 is 15.4 Å². The zero-order chi connectivity index (χ0) is 47.1. The molecule has 1 unspecified atom stereocenters. The summed E-state index contributed by atoms with van der Waals surface area (Å²) in [5, 5.41) is 12.9. The molecule has 1 fully saturated rings. The summed E-state index contributed by atoms with van der Waals surface area (Å²) in [4.78, 5) is 62.6. The fraction of sp³-hybridized carbons (Fsp3) is 0.275. The van der Waals surface area contributed by atoms with Gasteiger partial charge in [-0.25, -0.2) is 9.59 Å². The first-order valence-corrected chi connectivity index (χ1v) is 23.6. The van der Waals surface area contributed by atoms with Crippen molar-refractivity contribution in [3.63, 3.8) is 0 Å². The monoisotopic (exact) mass is 946 g/mol. The van der Waals surface area contributed by atoms with E-state index in [1.54, 1.807) is 69.7 Å². The smallest absolute Gasteiger partial charge is 0.355 e. The van der Waals surface area contributed by atoms with E-state index in [0.717, 1.165) is 27.3 Å². The fourth-order valence-corrected chi connectivity index (χ4v) is 9.86. The first-order valence-electron chi connectivity index (χ1n) is 21.2. The highest BCUT2D eigenvalue weighted by molar-refractivity contribution is 8.05. The zero-order valence-electron chi connectivity index (χ0n) is 37.4. The minimum atomic E-state index is -1.61. The lowest BCUT2D eigenvalue weighted by Gasteiger charge is -2.49. The number of thioether (sulfide) groups is 2. The van der Waals surface area contributed by atoms with E-state index in [2.05, 4.69) is 52.2 Å². The first kappa shape index (κ1) is 47.7. The predicted octanol–water partition coefficient (Wildman–Crippen LogP) is 8.73. The number of nitrogens with zero attached hydrogens (tertiary/aromatic N) is 2. The Morgan fingerprint density at radius 1 is 0.848 bits per heavy atom. The van der Waals surface area contributed by atoms with Gasteiger partial charge in [0.2, 0.25) is 5.60 Å². The molecule has 342 valence electrons. The molecule has 2 atom stereocenters. The van der Waals surface area contributed by atoms with Crippen LogP contribution in [0.1, 0.15) is 56.9 Å². The van der Waals surface area contributed by atoms with Gasteiger partial charge in [-0.2, -0.15) is 0 Å². The highest BCUT2D eigenvalue weighted by atomic mass is 35.5. The molecule has 0 saturated carbocycles. The molecule has 12 nitrogen and oxygen atoms in total. The number of nitrogens with one attached hydrogen (secondary N) is 2. The van der Waals surface area contributed by atoms with Gasteiger partial charge in [-0.3, -0.25) is 14.5 Å². The normalized spacial score (nSPS) is 17.6. The van der Waals surface area contributed by atoms with Gasteiger partial charge in [0.25, 0.3) is 11.8 Å². The number of methoxy groups -OCH3 is 1. The van der Waals surface area contributed by atoms with Crippen LogP contribution in [-0.2, 0) is 45.6 Å². The Morgan fingerprint density at radius 3 is 1.98 bits per heavy atom. The first-order chi connectivity index (χ1) is 31.6. The number of allylic oxidation sites excluding steroid dienone is 3. The van der Waals surface area contributed by atoms with Crippen molar-refractivity contribution in [1.29, 1.82) is 0 Å². The maximum atomic E-state index is 14.5. The number of hydrogen-bond donors (Lipinski definition) is 2. The van der Waals surface area contributed by atoms with Crippen LogP contribution in [0.15, 0.2) is 166 Å². The molecule has 7 rings (SSSR count). The van der Waals surface area contributed by atoms with Gasteiger partial charge in [-0.1, -0.05) is 132 Å². The molecule has 3 aliphatic heterocycles. The number of esters is 2. The molecule has 4 aromatic carbocycles. The van der Waals surface area contributed by atoms with E-state index in [4.69, 9.17) is 30.6 Å². The number of ether oxygens (including phenoxy) is 3. The minimum absolute atomic E-state index is 0.00127. The van der Waals surface area contributed by atoms with Crippen LogP contribution in [0.5, 0.6) is 5.75 Å². The number of amides is 2.